The van der Waals surface area contributed by atoms with Gasteiger partial charge in [0, 0.05) is 9.61 Å². The number of benzene rings is 1. The molecule has 0 aromatic heterocycles. The molecule has 0 heterocycles. The van der Waals surface area contributed by atoms with Gasteiger partial charge in [0.2, 0.25) is 0 Å². The van der Waals surface area contributed by atoms with Crippen LogP contribution < -0.4 is 5.32 Å². The lowest BCUT2D eigenvalue weighted by atomic mass is 10.2. The molecule has 0 bridgehead atoms. The molecule has 1 saturated carbocycles. The number of halogens is 2. The Morgan fingerprint density at radius 3 is 2.79 bits per heavy atom. The third-order valence-electron chi connectivity index (χ3n) is 2.10. The largest absolute Gasteiger partial charge is 0.349 e. The minimum Gasteiger partial charge on any atom is -0.349 e. The van der Waals surface area contributed by atoms with Crippen LogP contribution in [-0.2, 0) is 0 Å². The number of carbonyl (C=O) groups excluding carboxylic acids is 1. The molecule has 14 heavy (non-hydrogen) atoms. The zero-order valence-corrected chi connectivity index (χ0v) is 9.55. The summed E-state index contributed by atoms with van der Waals surface area (Å²) < 4.78 is 14.0. The number of hydrogen-bond acceptors (Lipinski definition) is 1. The highest BCUT2D eigenvalue weighted by Crippen LogP contribution is 2.21. The van der Waals surface area contributed by atoms with E-state index >= 15 is 0 Å². The number of carbonyl (C=O) groups is 1. The molecule has 1 fully saturated rings. The van der Waals surface area contributed by atoms with Gasteiger partial charge >= 0.3 is 0 Å². The van der Waals surface area contributed by atoms with Gasteiger partial charge in [-0.2, -0.15) is 0 Å². The van der Waals surface area contributed by atoms with Crippen LogP contribution in [0.25, 0.3) is 0 Å². The lowest BCUT2D eigenvalue weighted by Gasteiger charge is -2.06. The molecule has 1 aliphatic rings. The SMILES string of the molecule is O=C(NC1CC1)c1c(F)cccc1I. The van der Waals surface area contributed by atoms with E-state index in [1.165, 1.54) is 6.07 Å². The molecule has 1 N–H and O–H groups in total. The second-order valence-electron chi connectivity index (χ2n) is 3.34. The summed E-state index contributed by atoms with van der Waals surface area (Å²) in [6.45, 7) is 0. The summed E-state index contributed by atoms with van der Waals surface area (Å²) >= 11 is 1.97. The number of nitrogens with one attached hydrogen (secondary N) is 1. The number of hydrogen-bond donors (Lipinski definition) is 1. The minimum absolute atomic E-state index is 0.167. The molecule has 74 valence electrons. The zero-order chi connectivity index (χ0) is 10.1. The third-order valence-corrected chi connectivity index (χ3v) is 3.00. The molecule has 2 nitrogen and oxygen atoms in total. The average molecular weight is 305 g/mol. The molecule has 1 aromatic carbocycles. The van der Waals surface area contributed by atoms with Gasteiger partial charge in [0.1, 0.15) is 5.82 Å². The molecule has 1 amide bonds. The summed E-state index contributed by atoms with van der Waals surface area (Å²) in [7, 11) is 0. The predicted molar refractivity (Wildman–Crippen MR) is 59.6 cm³/mol. The Bertz CT molecular complexity index is 356. The van der Waals surface area contributed by atoms with Crippen LogP contribution in [0.15, 0.2) is 18.2 Å². The van der Waals surface area contributed by atoms with E-state index in [1.807, 2.05) is 22.6 Å². The van der Waals surface area contributed by atoms with Gasteiger partial charge in [0.05, 0.1) is 5.56 Å². The fourth-order valence-electron chi connectivity index (χ4n) is 1.20. The van der Waals surface area contributed by atoms with Gasteiger partial charge in [-0.25, -0.2) is 4.39 Å². The van der Waals surface area contributed by atoms with Crippen molar-refractivity contribution in [1.29, 1.82) is 0 Å². The van der Waals surface area contributed by atoms with Crippen molar-refractivity contribution < 1.29 is 9.18 Å². The van der Waals surface area contributed by atoms with Gasteiger partial charge in [-0.3, -0.25) is 4.79 Å². The second kappa shape index (κ2) is 3.84. The van der Waals surface area contributed by atoms with Crippen LogP contribution in [0.2, 0.25) is 0 Å². The molecule has 0 atom stereocenters. The van der Waals surface area contributed by atoms with Crippen LogP contribution in [0.1, 0.15) is 23.2 Å². The van der Waals surface area contributed by atoms with E-state index < -0.39 is 5.82 Å². The molecule has 0 aliphatic heterocycles. The maximum absolute atomic E-state index is 13.3. The monoisotopic (exact) mass is 305 g/mol. The lowest BCUT2D eigenvalue weighted by Crippen LogP contribution is -2.27. The molecular formula is C10H9FINO. The first-order valence-electron chi connectivity index (χ1n) is 4.43. The van der Waals surface area contributed by atoms with Crippen LogP contribution in [0.3, 0.4) is 0 Å². The molecule has 1 aromatic rings. The first-order valence-corrected chi connectivity index (χ1v) is 5.51. The van der Waals surface area contributed by atoms with Gasteiger partial charge in [-0.15, -0.1) is 0 Å². The molecule has 0 saturated heterocycles. The van der Waals surface area contributed by atoms with Crippen LogP contribution in [-0.4, -0.2) is 11.9 Å². The van der Waals surface area contributed by atoms with Gasteiger partial charge in [0.15, 0.2) is 0 Å². The van der Waals surface area contributed by atoms with Crippen LogP contribution in [0, 0.1) is 9.39 Å². The van der Waals surface area contributed by atoms with Crippen molar-refractivity contribution in [1.82, 2.24) is 5.32 Å². The summed E-state index contributed by atoms with van der Waals surface area (Å²) in [5.41, 5.74) is 0.167. The summed E-state index contributed by atoms with van der Waals surface area (Å²) in [6, 6.07) is 4.90. The second-order valence-corrected chi connectivity index (χ2v) is 4.51. The molecule has 0 spiro atoms. The van der Waals surface area contributed by atoms with Crippen molar-refractivity contribution in [3.8, 4) is 0 Å². The van der Waals surface area contributed by atoms with Gasteiger partial charge < -0.3 is 5.32 Å². The molecule has 0 radical (unpaired) electrons. The van der Waals surface area contributed by atoms with Crippen molar-refractivity contribution in [3.05, 3.63) is 33.1 Å². The highest BCUT2D eigenvalue weighted by atomic mass is 127. The van der Waals surface area contributed by atoms with E-state index in [0.29, 0.717) is 3.57 Å². The highest BCUT2D eigenvalue weighted by molar-refractivity contribution is 14.1. The van der Waals surface area contributed by atoms with E-state index in [9.17, 15) is 9.18 Å². The van der Waals surface area contributed by atoms with Gasteiger partial charge in [-0.1, -0.05) is 6.07 Å². The van der Waals surface area contributed by atoms with Crippen molar-refractivity contribution in [2.45, 2.75) is 18.9 Å². The first-order chi connectivity index (χ1) is 6.68. The quantitative estimate of drug-likeness (QED) is 0.835. The van der Waals surface area contributed by atoms with Gasteiger partial charge in [-0.05, 0) is 47.6 Å². The highest BCUT2D eigenvalue weighted by Gasteiger charge is 2.25. The maximum Gasteiger partial charge on any atom is 0.255 e. The molecule has 0 unspecified atom stereocenters. The molecular weight excluding hydrogens is 296 g/mol. The lowest BCUT2D eigenvalue weighted by molar-refractivity contribution is 0.0946. The van der Waals surface area contributed by atoms with Crippen LogP contribution in [0.5, 0.6) is 0 Å². The van der Waals surface area contributed by atoms with E-state index in [0.717, 1.165) is 12.8 Å². The minimum atomic E-state index is -0.449. The summed E-state index contributed by atoms with van der Waals surface area (Å²) in [5, 5.41) is 2.77. The van der Waals surface area contributed by atoms with Crippen molar-refractivity contribution in [2.24, 2.45) is 0 Å². The predicted octanol–water partition coefficient (Wildman–Crippen LogP) is 2.32. The summed E-state index contributed by atoms with van der Waals surface area (Å²) in [6.07, 6.45) is 2.02. The van der Waals surface area contributed by atoms with Crippen molar-refractivity contribution in [2.75, 3.05) is 0 Å². The summed E-state index contributed by atoms with van der Waals surface area (Å²) in [4.78, 5) is 11.6. The van der Waals surface area contributed by atoms with Crippen molar-refractivity contribution >= 4 is 28.5 Å². The Morgan fingerprint density at radius 1 is 1.50 bits per heavy atom. The van der Waals surface area contributed by atoms with E-state index in [2.05, 4.69) is 5.32 Å². The third kappa shape index (κ3) is 2.05. The Labute approximate surface area is 95.0 Å². The Kier molecular flexibility index (Phi) is 2.71. The smallest absolute Gasteiger partial charge is 0.255 e. The zero-order valence-electron chi connectivity index (χ0n) is 7.39. The summed E-state index contributed by atoms with van der Waals surface area (Å²) in [5.74, 6) is -0.745. The number of amides is 1. The molecule has 2 rings (SSSR count). The Balaban J connectivity index is 2.24. The molecule has 1 aliphatic carbocycles. The van der Waals surface area contributed by atoms with E-state index in [4.69, 9.17) is 0 Å². The fraction of sp³-hybridized carbons (Fsp3) is 0.300. The Hall–Kier alpha value is -0.650. The molecule has 4 heteroatoms. The fourth-order valence-corrected chi connectivity index (χ4v) is 1.91. The van der Waals surface area contributed by atoms with Crippen LogP contribution >= 0.6 is 22.6 Å². The average Bonchev–Trinajstić information content (AvgIpc) is 2.87. The van der Waals surface area contributed by atoms with Crippen LogP contribution in [0.4, 0.5) is 4.39 Å². The normalized spacial score (nSPS) is 15.3. The maximum atomic E-state index is 13.3. The standard InChI is InChI=1S/C10H9FINO/c11-7-2-1-3-8(12)9(7)10(14)13-6-4-5-6/h1-3,6H,4-5H2,(H,13,14). The topological polar surface area (TPSA) is 29.1 Å². The van der Waals surface area contributed by atoms with Gasteiger partial charge in [0.25, 0.3) is 5.91 Å². The number of rotatable bonds is 2. The van der Waals surface area contributed by atoms with Crippen molar-refractivity contribution in [3.63, 3.8) is 0 Å². The first kappa shape index (κ1) is 9.89. The van der Waals surface area contributed by atoms with E-state index in [-0.39, 0.29) is 17.5 Å². The Morgan fingerprint density at radius 2 is 2.21 bits per heavy atom. The van der Waals surface area contributed by atoms with E-state index in [1.54, 1.807) is 12.1 Å².